The van der Waals surface area contributed by atoms with E-state index in [9.17, 15) is 0 Å². The van der Waals surface area contributed by atoms with Crippen molar-refractivity contribution < 1.29 is 4.52 Å². The zero-order valence-corrected chi connectivity index (χ0v) is 8.48. The zero-order valence-electron chi connectivity index (χ0n) is 8.48. The minimum Gasteiger partial charge on any atom is -0.314 e. The number of anilines is 1. The summed E-state index contributed by atoms with van der Waals surface area (Å²) in [5.74, 6) is 5.64. The fourth-order valence-corrected chi connectivity index (χ4v) is 1.36. The van der Waals surface area contributed by atoms with E-state index in [2.05, 4.69) is 20.6 Å². The second-order valence-electron chi connectivity index (χ2n) is 3.21. The molecule has 0 saturated carbocycles. The van der Waals surface area contributed by atoms with Gasteiger partial charge >= 0.3 is 6.01 Å². The molecule has 2 aromatic rings. The molecule has 0 radical (unpaired) electrons. The lowest BCUT2D eigenvalue weighted by Crippen LogP contribution is -2.06. The number of nitrogens with two attached hydrogens (primary N) is 1. The van der Waals surface area contributed by atoms with Crippen molar-refractivity contribution in [1.82, 2.24) is 15.1 Å². The van der Waals surface area contributed by atoms with E-state index in [0.29, 0.717) is 5.82 Å². The number of rotatable bonds is 2. The Balaban J connectivity index is 2.44. The van der Waals surface area contributed by atoms with Gasteiger partial charge in [0.25, 0.3) is 0 Å². The van der Waals surface area contributed by atoms with Gasteiger partial charge in [0, 0.05) is 17.0 Å². The summed E-state index contributed by atoms with van der Waals surface area (Å²) in [6, 6.07) is 3.97. The van der Waals surface area contributed by atoms with Crippen LogP contribution >= 0.6 is 0 Å². The van der Waals surface area contributed by atoms with Gasteiger partial charge < -0.3 is 4.52 Å². The number of hydrazine groups is 1. The minimum absolute atomic E-state index is 0.192. The third-order valence-electron chi connectivity index (χ3n) is 1.89. The highest BCUT2D eigenvalue weighted by atomic mass is 16.5. The number of pyridine rings is 1. The van der Waals surface area contributed by atoms with Gasteiger partial charge in [0.2, 0.25) is 5.82 Å². The number of nitrogens with zero attached hydrogens (tertiary/aromatic N) is 3. The van der Waals surface area contributed by atoms with Crippen LogP contribution in [-0.2, 0) is 0 Å². The number of aromatic nitrogens is 3. The average molecular weight is 205 g/mol. The fraction of sp³-hybridized carbons (Fsp3) is 0.222. The van der Waals surface area contributed by atoms with Crippen molar-refractivity contribution in [2.75, 3.05) is 5.43 Å². The van der Waals surface area contributed by atoms with Gasteiger partial charge in [-0.1, -0.05) is 5.16 Å². The molecule has 3 N–H and O–H groups in total. The van der Waals surface area contributed by atoms with E-state index in [1.165, 1.54) is 0 Å². The Hall–Kier alpha value is -1.95. The van der Waals surface area contributed by atoms with Crippen molar-refractivity contribution in [2.24, 2.45) is 5.84 Å². The van der Waals surface area contributed by atoms with E-state index in [-0.39, 0.29) is 6.01 Å². The van der Waals surface area contributed by atoms with Crippen molar-refractivity contribution >= 4 is 6.01 Å². The van der Waals surface area contributed by atoms with E-state index in [1.54, 1.807) is 0 Å². The summed E-state index contributed by atoms with van der Waals surface area (Å²) < 4.78 is 4.83. The molecule has 2 rings (SSSR count). The number of nitrogen functional groups attached to an aromatic ring is 1. The van der Waals surface area contributed by atoms with E-state index in [0.717, 1.165) is 17.0 Å². The smallest absolute Gasteiger partial charge is 0.314 e. The molecule has 0 aromatic carbocycles. The van der Waals surface area contributed by atoms with Crippen LogP contribution in [0.4, 0.5) is 6.01 Å². The van der Waals surface area contributed by atoms with Crippen LogP contribution in [0.15, 0.2) is 16.7 Å². The molecule has 2 aromatic heterocycles. The van der Waals surface area contributed by atoms with Crippen LogP contribution in [0, 0.1) is 13.8 Å². The summed E-state index contributed by atoms with van der Waals surface area (Å²) in [6.45, 7) is 3.83. The second kappa shape index (κ2) is 3.66. The lowest BCUT2D eigenvalue weighted by Gasteiger charge is -1.98. The first-order chi connectivity index (χ1) is 7.19. The highest BCUT2D eigenvalue weighted by Crippen LogP contribution is 2.18. The topological polar surface area (TPSA) is 89.9 Å². The minimum atomic E-state index is 0.192. The molecule has 0 spiro atoms. The zero-order chi connectivity index (χ0) is 10.8. The SMILES string of the molecule is Cc1cc(-c2noc(NN)n2)cc(C)n1. The monoisotopic (exact) mass is 205 g/mol. The molecule has 0 fully saturated rings. The lowest BCUT2D eigenvalue weighted by atomic mass is 10.2. The molecule has 15 heavy (non-hydrogen) atoms. The third-order valence-corrected chi connectivity index (χ3v) is 1.89. The summed E-state index contributed by atoms with van der Waals surface area (Å²) in [5.41, 5.74) is 4.98. The summed E-state index contributed by atoms with van der Waals surface area (Å²) >= 11 is 0. The Morgan fingerprint density at radius 1 is 1.20 bits per heavy atom. The quantitative estimate of drug-likeness (QED) is 0.562. The van der Waals surface area contributed by atoms with Crippen LogP contribution in [0.3, 0.4) is 0 Å². The van der Waals surface area contributed by atoms with E-state index in [1.807, 2.05) is 26.0 Å². The van der Waals surface area contributed by atoms with Gasteiger partial charge in [-0.15, -0.1) is 0 Å². The van der Waals surface area contributed by atoms with Crippen molar-refractivity contribution in [3.05, 3.63) is 23.5 Å². The lowest BCUT2D eigenvalue weighted by molar-refractivity contribution is 0.432. The van der Waals surface area contributed by atoms with Crippen LogP contribution < -0.4 is 11.3 Å². The van der Waals surface area contributed by atoms with Gasteiger partial charge in [-0.05, 0) is 26.0 Å². The highest BCUT2D eigenvalue weighted by molar-refractivity contribution is 5.56. The maximum absolute atomic E-state index is 5.14. The maximum Gasteiger partial charge on any atom is 0.335 e. The normalized spacial score (nSPS) is 10.3. The molecular formula is C9H11N5O. The molecule has 2 heterocycles. The van der Waals surface area contributed by atoms with E-state index >= 15 is 0 Å². The number of aryl methyl sites for hydroxylation is 2. The Morgan fingerprint density at radius 3 is 2.40 bits per heavy atom. The Bertz CT molecular complexity index is 459. The second-order valence-corrected chi connectivity index (χ2v) is 3.21. The predicted molar refractivity (Wildman–Crippen MR) is 54.8 cm³/mol. The molecule has 0 atom stereocenters. The van der Waals surface area contributed by atoms with Crippen LogP contribution in [0.25, 0.3) is 11.4 Å². The predicted octanol–water partition coefficient (Wildman–Crippen LogP) is 1.03. The summed E-state index contributed by atoms with van der Waals surface area (Å²) in [4.78, 5) is 8.30. The Labute approximate surface area is 86.5 Å². The summed E-state index contributed by atoms with van der Waals surface area (Å²) in [5, 5.41) is 3.78. The van der Waals surface area contributed by atoms with Crippen molar-refractivity contribution in [2.45, 2.75) is 13.8 Å². The highest BCUT2D eigenvalue weighted by Gasteiger charge is 2.08. The van der Waals surface area contributed by atoms with Crippen molar-refractivity contribution in [3.63, 3.8) is 0 Å². The first-order valence-corrected chi connectivity index (χ1v) is 4.45. The Kier molecular flexibility index (Phi) is 2.34. The molecule has 0 aliphatic carbocycles. The number of hydrogen-bond acceptors (Lipinski definition) is 6. The van der Waals surface area contributed by atoms with Crippen LogP contribution in [0.1, 0.15) is 11.4 Å². The molecule has 0 bridgehead atoms. The molecule has 0 aliphatic rings. The molecule has 6 heteroatoms. The molecule has 0 saturated heterocycles. The maximum atomic E-state index is 5.14. The van der Waals surface area contributed by atoms with Gasteiger partial charge in [-0.3, -0.25) is 10.4 Å². The Morgan fingerprint density at radius 2 is 1.87 bits per heavy atom. The van der Waals surface area contributed by atoms with Crippen LogP contribution in [0.2, 0.25) is 0 Å². The molecule has 0 aliphatic heterocycles. The molecule has 0 amide bonds. The van der Waals surface area contributed by atoms with Crippen LogP contribution in [-0.4, -0.2) is 15.1 Å². The number of hydrogen-bond donors (Lipinski definition) is 2. The van der Waals surface area contributed by atoms with Gasteiger partial charge in [0.15, 0.2) is 0 Å². The van der Waals surface area contributed by atoms with Crippen LogP contribution in [0.5, 0.6) is 0 Å². The first-order valence-electron chi connectivity index (χ1n) is 4.45. The molecule has 6 nitrogen and oxygen atoms in total. The third kappa shape index (κ3) is 1.94. The van der Waals surface area contributed by atoms with Crippen molar-refractivity contribution in [1.29, 1.82) is 0 Å². The molecular weight excluding hydrogens is 194 g/mol. The molecule has 78 valence electrons. The summed E-state index contributed by atoms with van der Waals surface area (Å²) in [6.07, 6.45) is 0. The van der Waals surface area contributed by atoms with Gasteiger partial charge in [0.1, 0.15) is 0 Å². The first kappa shape index (κ1) is 9.60. The van der Waals surface area contributed by atoms with Crippen molar-refractivity contribution in [3.8, 4) is 11.4 Å². The van der Waals surface area contributed by atoms with E-state index in [4.69, 9.17) is 10.4 Å². The van der Waals surface area contributed by atoms with Gasteiger partial charge in [0.05, 0.1) is 0 Å². The number of nitrogens with one attached hydrogen (secondary N) is 1. The standard InChI is InChI=1S/C9H11N5O/c1-5-3-7(4-6(2)11-5)8-12-9(13-10)15-14-8/h3-4H,10H2,1-2H3,(H,12,13,14). The van der Waals surface area contributed by atoms with Gasteiger partial charge in [-0.2, -0.15) is 4.98 Å². The van der Waals surface area contributed by atoms with E-state index < -0.39 is 0 Å². The fourth-order valence-electron chi connectivity index (χ4n) is 1.36. The average Bonchev–Trinajstić information content (AvgIpc) is 2.64. The largest absolute Gasteiger partial charge is 0.335 e. The summed E-state index contributed by atoms with van der Waals surface area (Å²) in [7, 11) is 0. The molecule has 0 unspecified atom stereocenters. The van der Waals surface area contributed by atoms with Gasteiger partial charge in [-0.25, -0.2) is 5.84 Å².